The van der Waals surface area contributed by atoms with Gasteiger partial charge in [0, 0.05) is 24.1 Å². The van der Waals surface area contributed by atoms with Gasteiger partial charge < -0.3 is 10.0 Å². The van der Waals surface area contributed by atoms with E-state index < -0.39 is 5.97 Å². The van der Waals surface area contributed by atoms with E-state index in [9.17, 15) is 9.59 Å². The summed E-state index contributed by atoms with van der Waals surface area (Å²) >= 11 is 2.85. The molecular formula is C22H28N2O3S2. The van der Waals surface area contributed by atoms with E-state index in [0.717, 1.165) is 17.2 Å². The fourth-order valence-electron chi connectivity index (χ4n) is 3.73. The number of aromatic nitrogens is 1. The van der Waals surface area contributed by atoms with Crippen LogP contribution in [0.25, 0.3) is 0 Å². The van der Waals surface area contributed by atoms with Crippen molar-refractivity contribution in [2.75, 3.05) is 12.3 Å². The van der Waals surface area contributed by atoms with Crippen LogP contribution in [0.5, 0.6) is 0 Å². The van der Waals surface area contributed by atoms with Crippen molar-refractivity contribution in [1.82, 2.24) is 9.88 Å². The minimum Gasteiger partial charge on any atom is -0.476 e. The summed E-state index contributed by atoms with van der Waals surface area (Å²) in [5, 5.41) is 10.5. The molecule has 1 unspecified atom stereocenters. The number of carboxylic acid groups (broad SMARTS) is 1. The second-order valence-corrected chi connectivity index (χ2v) is 9.55. The quantitative estimate of drug-likeness (QED) is 0.379. The number of thiazole rings is 1. The van der Waals surface area contributed by atoms with E-state index in [1.165, 1.54) is 59.9 Å². The largest absolute Gasteiger partial charge is 0.476 e. The number of unbranched alkanes of at least 4 members (excludes halogenated alkanes) is 3. The third-order valence-corrected chi connectivity index (χ3v) is 7.24. The lowest BCUT2D eigenvalue weighted by Crippen LogP contribution is -2.30. The van der Waals surface area contributed by atoms with Crippen LogP contribution in [0, 0.1) is 0 Å². The molecule has 2 aromatic rings. The molecule has 1 aliphatic rings. The van der Waals surface area contributed by atoms with Crippen molar-refractivity contribution in [3.05, 3.63) is 46.5 Å². The Morgan fingerprint density at radius 1 is 1.34 bits per heavy atom. The van der Waals surface area contributed by atoms with Crippen molar-refractivity contribution in [1.29, 1.82) is 0 Å². The van der Waals surface area contributed by atoms with Crippen molar-refractivity contribution in [3.63, 3.8) is 0 Å². The second kappa shape index (κ2) is 10.8. The Hall–Kier alpha value is -1.86. The predicted octanol–water partition coefficient (Wildman–Crippen LogP) is 5.42. The molecule has 0 saturated carbocycles. The number of carboxylic acids is 1. The number of thioether (sulfide) groups is 1. The van der Waals surface area contributed by atoms with E-state index in [-0.39, 0.29) is 17.6 Å². The highest BCUT2D eigenvalue weighted by Crippen LogP contribution is 2.34. The van der Waals surface area contributed by atoms with Crippen LogP contribution in [0.3, 0.4) is 0 Å². The van der Waals surface area contributed by atoms with Gasteiger partial charge in [0.15, 0.2) is 10.0 Å². The Morgan fingerprint density at radius 2 is 2.21 bits per heavy atom. The molecule has 1 saturated heterocycles. The molecule has 0 radical (unpaired) electrons. The molecule has 29 heavy (non-hydrogen) atoms. The van der Waals surface area contributed by atoms with Gasteiger partial charge in [-0.25, -0.2) is 9.78 Å². The van der Waals surface area contributed by atoms with E-state index in [1.54, 1.807) is 5.38 Å². The fourth-order valence-corrected chi connectivity index (χ4v) is 5.53. The van der Waals surface area contributed by atoms with Gasteiger partial charge >= 0.3 is 5.97 Å². The zero-order valence-corrected chi connectivity index (χ0v) is 18.4. The molecule has 2 heterocycles. The van der Waals surface area contributed by atoms with Gasteiger partial charge in [-0.3, -0.25) is 4.79 Å². The van der Waals surface area contributed by atoms with Crippen LogP contribution in [0.4, 0.5) is 0 Å². The first-order chi connectivity index (χ1) is 14.1. The zero-order valence-electron chi connectivity index (χ0n) is 16.8. The lowest BCUT2D eigenvalue weighted by atomic mass is 9.99. The highest BCUT2D eigenvalue weighted by atomic mass is 32.2. The number of amides is 1. The van der Waals surface area contributed by atoms with Gasteiger partial charge in [-0.15, -0.1) is 11.3 Å². The number of carbonyl (C=O) groups excluding carboxylic acids is 1. The smallest absolute Gasteiger partial charge is 0.355 e. The number of aromatic carboxylic acids is 1. The van der Waals surface area contributed by atoms with Gasteiger partial charge in [0.25, 0.3) is 0 Å². The van der Waals surface area contributed by atoms with E-state index in [1.807, 2.05) is 4.90 Å². The number of rotatable bonds is 11. The maximum atomic E-state index is 12.4. The van der Waals surface area contributed by atoms with Crippen LogP contribution in [0.15, 0.2) is 34.0 Å². The summed E-state index contributed by atoms with van der Waals surface area (Å²) in [5.74, 6) is -0.0855. The minimum atomic E-state index is -1.00. The van der Waals surface area contributed by atoms with E-state index in [4.69, 9.17) is 5.11 Å². The van der Waals surface area contributed by atoms with Crippen molar-refractivity contribution >= 4 is 35.0 Å². The van der Waals surface area contributed by atoms with Gasteiger partial charge in [0.1, 0.15) is 0 Å². The average molecular weight is 433 g/mol. The molecule has 1 amide bonds. The Kier molecular flexibility index (Phi) is 8.12. The summed E-state index contributed by atoms with van der Waals surface area (Å²) in [6, 6.07) is 8.86. The number of hydrogen-bond donors (Lipinski definition) is 1. The summed E-state index contributed by atoms with van der Waals surface area (Å²) < 4.78 is 0.736. The maximum absolute atomic E-state index is 12.4. The third-order valence-electron chi connectivity index (χ3n) is 5.24. The second-order valence-electron chi connectivity index (χ2n) is 7.35. The summed E-state index contributed by atoms with van der Waals surface area (Å²) in [4.78, 5) is 29.5. The number of likely N-dealkylation sites (tertiary alicyclic amines) is 1. The van der Waals surface area contributed by atoms with Crippen LogP contribution < -0.4 is 0 Å². The number of hydrogen-bond acceptors (Lipinski definition) is 5. The molecular weight excluding hydrogens is 404 g/mol. The van der Waals surface area contributed by atoms with Gasteiger partial charge in [0.05, 0.1) is 6.04 Å². The van der Waals surface area contributed by atoms with E-state index in [2.05, 4.69) is 36.2 Å². The van der Waals surface area contributed by atoms with Crippen molar-refractivity contribution in [3.8, 4) is 0 Å². The average Bonchev–Trinajstić information content (AvgIpc) is 3.33. The van der Waals surface area contributed by atoms with E-state index >= 15 is 0 Å². The summed E-state index contributed by atoms with van der Waals surface area (Å²) in [6.07, 6.45) is 7.57. The normalized spacial score (nSPS) is 16.5. The summed E-state index contributed by atoms with van der Waals surface area (Å²) in [7, 11) is 0. The molecule has 1 atom stereocenters. The Bertz CT molecular complexity index is 837. The molecule has 1 aromatic heterocycles. The standard InChI is InChI=1S/C22H28N2O3S2/c1-2-3-4-5-7-16-8-6-9-17(14-16)19-10-11-20(25)24(19)12-13-28-22-23-18(15-29-22)21(26)27/h6,8-9,14-15,19H,2-5,7,10-13H2,1H3,(H,26,27). The Balaban J connectivity index is 1.57. The Morgan fingerprint density at radius 3 is 2.97 bits per heavy atom. The molecule has 1 aliphatic heterocycles. The number of benzene rings is 1. The zero-order chi connectivity index (χ0) is 20.6. The van der Waals surface area contributed by atoms with Crippen LogP contribution >= 0.6 is 23.1 Å². The summed E-state index contributed by atoms with van der Waals surface area (Å²) in [5.41, 5.74) is 2.68. The van der Waals surface area contributed by atoms with Crippen LogP contribution in [-0.4, -0.2) is 39.2 Å². The van der Waals surface area contributed by atoms with Gasteiger partial charge in [-0.1, -0.05) is 62.2 Å². The fraction of sp³-hybridized carbons (Fsp3) is 0.500. The van der Waals surface area contributed by atoms with Gasteiger partial charge in [-0.05, 0) is 30.4 Å². The van der Waals surface area contributed by atoms with Crippen LogP contribution in [-0.2, 0) is 11.2 Å². The van der Waals surface area contributed by atoms with Crippen molar-refractivity contribution in [2.45, 2.75) is 62.3 Å². The monoisotopic (exact) mass is 432 g/mol. The molecule has 0 bridgehead atoms. The van der Waals surface area contributed by atoms with Crippen LogP contribution in [0.1, 0.15) is 73.1 Å². The highest BCUT2D eigenvalue weighted by Gasteiger charge is 2.31. The first kappa shape index (κ1) is 21.8. The minimum absolute atomic E-state index is 0.0865. The molecule has 0 spiro atoms. The molecule has 1 fully saturated rings. The number of nitrogens with zero attached hydrogens (tertiary/aromatic N) is 2. The third kappa shape index (κ3) is 6.06. The number of carbonyl (C=O) groups is 2. The molecule has 156 valence electrons. The maximum Gasteiger partial charge on any atom is 0.355 e. The lowest BCUT2D eigenvalue weighted by Gasteiger charge is -2.25. The topological polar surface area (TPSA) is 70.5 Å². The van der Waals surface area contributed by atoms with E-state index in [0.29, 0.717) is 18.7 Å². The van der Waals surface area contributed by atoms with Crippen molar-refractivity contribution in [2.24, 2.45) is 0 Å². The molecule has 0 aliphatic carbocycles. The molecule has 5 nitrogen and oxygen atoms in total. The predicted molar refractivity (Wildman–Crippen MR) is 118 cm³/mol. The van der Waals surface area contributed by atoms with Gasteiger partial charge in [0.2, 0.25) is 5.91 Å². The summed E-state index contributed by atoms with van der Waals surface area (Å²) in [6.45, 7) is 2.88. The lowest BCUT2D eigenvalue weighted by molar-refractivity contribution is -0.128. The molecule has 7 heteroatoms. The first-order valence-corrected chi connectivity index (χ1v) is 12.1. The SMILES string of the molecule is CCCCCCc1cccc(C2CCC(=O)N2CCSc2nc(C(=O)O)cs2)c1. The van der Waals surface area contributed by atoms with Crippen molar-refractivity contribution < 1.29 is 14.7 Å². The highest BCUT2D eigenvalue weighted by molar-refractivity contribution is 8.01. The molecule has 3 rings (SSSR count). The first-order valence-electron chi connectivity index (χ1n) is 10.3. The van der Waals surface area contributed by atoms with Crippen LogP contribution in [0.2, 0.25) is 0 Å². The number of aryl methyl sites for hydroxylation is 1. The Labute approximate surface area is 180 Å². The molecule has 1 aromatic carbocycles. The molecule has 1 N–H and O–H groups in total. The van der Waals surface area contributed by atoms with Gasteiger partial charge in [-0.2, -0.15) is 0 Å².